The molecule has 1 amide bonds. The van der Waals surface area contributed by atoms with Crippen molar-refractivity contribution < 1.29 is 14.3 Å². The van der Waals surface area contributed by atoms with Crippen LogP contribution in [0.25, 0.3) is 11.0 Å². The van der Waals surface area contributed by atoms with Crippen LogP contribution in [0.1, 0.15) is 28.2 Å². The van der Waals surface area contributed by atoms with Gasteiger partial charge in [-0.05, 0) is 61.9 Å². The Morgan fingerprint density at radius 2 is 1.88 bits per heavy atom. The maximum absolute atomic E-state index is 12.6. The van der Waals surface area contributed by atoms with E-state index in [4.69, 9.17) is 14.6 Å². The maximum atomic E-state index is 12.6. The summed E-state index contributed by atoms with van der Waals surface area (Å²) in [6, 6.07) is 16.9. The molecule has 5 aromatic rings. The molecule has 0 aliphatic carbocycles. The number of aromatic nitrogens is 6. The molecule has 204 valence electrons. The Kier molecular flexibility index (Phi) is 6.98. The molecule has 0 saturated carbocycles. The largest absolute Gasteiger partial charge is 0.497 e. The van der Waals surface area contributed by atoms with Crippen molar-refractivity contribution >= 4 is 28.7 Å². The second-order valence-corrected chi connectivity index (χ2v) is 9.54. The number of benzene rings is 2. The van der Waals surface area contributed by atoms with Gasteiger partial charge in [0.15, 0.2) is 11.5 Å². The highest BCUT2D eigenvalue weighted by Gasteiger charge is 2.22. The highest BCUT2D eigenvalue weighted by molar-refractivity contribution is 6.03. The molecule has 12 heteroatoms. The number of methoxy groups -OCH3 is 1. The van der Waals surface area contributed by atoms with Crippen molar-refractivity contribution in [3.8, 4) is 17.2 Å². The lowest BCUT2D eigenvalue weighted by molar-refractivity contribution is 0.102. The van der Waals surface area contributed by atoms with E-state index in [-0.39, 0.29) is 11.9 Å². The van der Waals surface area contributed by atoms with Crippen molar-refractivity contribution in [1.29, 1.82) is 0 Å². The van der Waals surface area contributed by atoms with Crippen LogP contribution >= 0.6 is 0 Å². The van der Waals surface area contributed by atoms with Gasteiger partial charge in [-0.1, -0.05) is 12.1 Å². The van der Waals surface area contributed by atoms with E-state index in [1.54, 1.807) is 44.5 Å². The Morgan fingerprint density at radius 1 is 1.07 bits per heavy atom. The first-order valence-electron chi connectivity index (χ1n) is 13.0. The summed E-state index contributed by atoms with van der Waals surface area (Å²) in [5.41, 5.74) is 2.24. The number of hydrogen-bond acceptors (Lipinski definition) is 9. The summed E-state index contributed by atoms with van der Waals surface area (Å²) in [7, 11) is 1.65. The lowest BCUT2D eigenvalue weighted by Crippen LogP contribution is -2.22. The molecule has 0 spiro atoms. The molecule has 3 aromatic heterocycles. The number of rotatable bonds is 9. The van der Waals surface area contributed by atoms with Crippen LogP contribution < -0.4 is 25.4 Å². The molecule has 4 heterocycles. The monoisotopic (exact) mass is 539 g/mol. The van der Waals surface area contributed by atoms with Gasteiger partial charge in [-0.3, -0.25) is 10.1 Å². The van der Waals surface area contributed by atoms with Crippen LogP contribution in [0.3, 0.4) is 0 Å². The molecule has 0 radical (unpaired) electrons. The van der Waals surface area contributed by atoms with Gasteiger partial charge in [0, 0.05) is 30.4 Å². The third-order valence-corrected chi connectivity index (χ3v) is 6.66. The Morgan fingerprint density at radius 3 is 2.58 bits per heavy atom. The molecule has 1 atom stereocenters. The molecular weight excluding hydrogens is 510 g/mol. The van der Waals surface area contributed by atoms with Crippen molar-refractivity contribution in [3.05, 3.63) is 77.7 Å². The van der Waals surface area contributed by atoms with Crippen molar-refractivity contribution in [3.63, 3.8) is 0 Å². The zero-order chi connectivity index (χ0) is 27.5. The number of aryl methyl sites for hydroxylation is 1. The summed E-state index contributed by atoms with van der Waals surface area (Å²) in [5.74, 6) is 3.34. The fraction of sp³-hybridized carbons (Fsp3) is 0.250. The smallest absolute Gasteiger partial charge is 0.258 e. The molecule has 1 aliphatic rings. The van der Waals surface area contributed by atoms with Crippen LogP contribution in [0.5, 0.6) is 17.2 Å². The zero-order valence-electron chi connectivity index (χ0n) is 22.1. The molecule has 6 rings (SSSR count). The van der Waals surface area contributed by atoms with Gasteiger partial charge in [0.05, 0.1) is 13.7 Å². The van der Waals surface area contributed by atoms with Gasteiger partial charge >= 0.3 is 0 Å². The predicted octanol–water partition coefficient (Wildman–Crippen LogP) is 3.73. The SMILES string of the molecule is COc1ccc(Cn2nc(NC3CCNC3)c3c(Oc4ccc(C(=O)Nc5nnc(C)[nH]5)cc4)ccnc32)cc1. The number of anilines is 2. The van der Waals surface area contributed by atoms with Crippen molar-refractivity contribution in [2.24, 2.45) is 0 Å². The van der Waals surface area contributed by atoms with Crippen molar-refractivity contribution in [2.75, 3.05) is 30.8 Å². The summed E-state index contributed by atoms with van der Waals surface area (Å²) < 4.78 is 13.5. The Hall–Kier alpha value is -4.97. The molecule has 1 aliphatic heterocycles. The van der Waals surface area contributed by atoms with E-state index in [9.17, 15) is 4.79 Å². The highest BCUT2D eigenvalue weighted by atomic mass is 16.5. The molecule has 1 fully saturated rings. The third kappa shape index (κ3) is 5.43. The number of hydrogen-bond donors (Lipinski definition) is 4. The van der Waals surface area contributed by atoms with Gasteiger partial charge in [-0.2, -0.15) is 5.10 Å². The van der Waals surface area contributed by atoms with Gasteiger partial charge < -0.3 is 25.1 Å². The third-order valence-electron chi connectivity index (χ3n) is 6.66. The minimum Gasteiger partial charge on any atom is -0.497 e. The second kappa shape index (κ2) is 11.0. The number of fused-ring (bicyclic) bond motifs is 1. The Labute approximate surface area is 230 Å². The normalized spacial score (nSPS) is 14.8. The number of carbonyl (C=O) groups is 1. The summed E-state index contributed by atoms with van der Waals surface area (Å²) >= 11 is 0. The minimum absolute atomic E-state index is 0.256. The van der Waals surface area contributed by atoms with E-state index >= 15 is 0 Å². The summed E-state index contributed by atoms with van der Waals surface area (Å²) in [6.45, 7) is 4.12. The standard InChI is InChI=1S/C28H29N9O3/c1-17-31-28(35-34-17)33-27(38)19-5-9-22(10-6-19)40-23-12-14-30-26-24(23)25(32-20-11-13-29-15-20)36-37(26)16-18-3-7-21(39-2)8-4-18/h3-10,12,14,20,29H,11,13,15-16H2,1-2H3,(H,32,36)(H2,31,33,34,35,38). The van der Waals surface area contributed by atoms with Gasteiger partial charge in [-0.25, -0.2) is 9.67 Å². The number of pyridine rings is 1. The Balaban J connectivity index is 1.27. The molecule has 4 N–H and O–H groups in total. The fourth-order valence-electron chi connectivity index (χ4n) is 4.63. The average Bonchev–Trinajstić information content (AvgIpc) is 3.71. The summed E-state index contributed by atoms with van der Waals surface area (Å²) in [5, 5.41) is 23.1. The van der Waals surface area contributed by atoms with E-state index < -0.39 is 0 Å². The van der Waals surface area contributed by atoms with Gasteiger partial charge in [0.1, 0.15) is 28.5 Å². The summed E-state index contributed by atoms with van der Waals surface area (Å²) in [6.07, 6.45) is 2.71. The highest BCUT2D eigenvalue weighted by Crippen LogP contribution is 2.35. The van der Waals surface area contributed by atoms with E-state index in [1.165, 1.54) is 0 Å². The second-order valence-electron chi connectivity index (χ2n) is 9.54. The van der Waals surface area contributed by atoms with E-state index in [0.29, 0.717) is 41.0 Å². The van der Waals surface area contributed by atoms with Crippen LogP contribution in [-0.4, -0.2) is 62.1 Å². The maximum Gasteiger partial charge on any atom is 0.258 e. The van der Waals surface area contributed by atoms with Crippen molar-refractivity contribution in [2.45, 2.75) is 25.9 Å². The number of ether oxygens (including phenoxy) is 2. The number of nitrogens with one attached hydrogen (secondary N) is 4. The molecule has 1 saturated heterocycles. The average molecular weight is 540 g/mol. The van der Waals surface area contributed by atoms with Crippen molar-refractivity contribution in [1.82, 2.24) is 35.3 Å². The van der Waals surface area contributed by atoms with Gasteiger partial charge in [0.25, 0.3) is 5.91 Å². The predicted molar refractivity (Wildman–Crippen MR) is 150 cm³/mol. The molecule has 40 heavy (non-hydrogen) atoms. The number of aromatic amines is 1. The lowest BCUT2D eigenvalue weighted by atomic mass is 10.2. The lowest BCUT2D eigenvalue weighted by Gasteiger charge is -2.12. The zero-order valence-corrected chi connectivity index (χ0v) is 22.1. The number of carbonyl (C=O) groups excluding carboxylic acids is 1. The molecule has 12 nitrogen and oxygen atoms in total. The van der Waals surface area contributed by atoms with Crippen LogP contribution in [0.15, 0.2) is 60.8 Å². The van der Waals surface area contributed by atoms with Crippen LogP contribution in [0, 0.1) is 6.92 Å². The van der Waals surface area contributed by atoms with Gasteiger partial charge in [-0.15, -0.1) is 10.2 Å². The molecule has 2 aromatic carbocycles. The first-order valence-corrected chi connectivity index (χ1v) is 13.0. The Bertz CT molecular complexity index is 1620. The number of nitrogens with zero attached hydrogens (tertiary/aromatic N) is 5. The minimum atomic E-state index is -0.300. The number of H-pyrrole nitrogens is 1. The van der Waals surface area contributed by atoms with E-state index in [0.717, 1.165) is 42.0 Å². The van der Waals surface area contributed by atoms with E-state index in [2.05, 4.69) is 36.1 Å². The summed E-state index contributed by atoms with van der Waals surface area (Å²) in [4.78, 5) is 20.1. The van der Waals surface area contributed by atoms with Crippen LogP contribution in [0.2, 0.25) is 0 Å². The molecule has 1 unspecified atom stereocenters. The topological polar surface area (TPSA) is 144 Å². The van der Waals surface area contributed by atoms with E-state index in [1.807, 2.05) is 35.0 Å². The molecule has 0 bridgehead atoms. The van der Waals surface area contributed by atoms with Crippen LogP contribution in [0.4, 0.5) is 11.8 Å². The molecular formula is C28H29N9O3. The van der Waals surface area contributed by atoms with Crippen LogP contribution in [-0.2, 0) is 6.54 Å². The fourth-order valence-corrected chi connectivity index (χ4v) is 4.63. The number of amides is 1. The quantitative estimate of drug-likeness (QED) is 0.220. The van der Waals surface area contributed by atoms with Gasteiger partial charge in [0.2, 0.25) is 5.95 Å². The first-order chi connectivity index (χ1) is 19.6. The first kappa shape index (κ1) is 25.3.